The topological polar surface area (TPSA) is 116 Å². The van der Waals surface area contributed by atoms with E-state index in [1.54, 1.807) is 0 Å². The van der Waals surface area contributed by atoms with Crippen molar-refractivity contribution in [3.63, 3.8) is 0 Å². The van der Waals surface area contributed by atoms with Gasteiger partial charge in [-0.25, -0.2) is 9.82 Å². The number of carbonyl (C=O) groups excluding carboxylic acids is 2. The van der Waals surface area contributed by atoms with E-state index in [0.717, 1.165) is 45.1 Å². The van der Waals surface area contributed by atoms with Crippen LogP contribution in [0.2, 0.25) is 0 Å². The Morgan fingerprint density at radius 1 is 1.18 bits per heavy atom. The average molecular weight is 469 g/mol. The number of hydrazine groups is 1. The first-order valence-electron chi connectivity index (χ1n) is 12.9. The van der Waals surface area contributed by atoms with Crippen LogP contribution in [0, 0.1) is 23.7 Å². The van der Waals surface area contributed by atoms with Crippen LogP contribution in [0.4, 0.5) is 4.39 Å². The molecule has 0 aromatic rings. The molecule has 0 aromatic carbocycles. The zero-order valence-electron chi connectivity index (χ0n) is 19.7. The van der Waals surface area contributed by atoms with Gasteiger partial charge in [-0.1, -0.05) is 19.8 Å². The Bertz CT molecular complexity index is 670. The molecule has 8 unspecified atom stereocenters. The third kappa shape index (κ3) is 6.63. The third-order valence-corrected chi connectivity index (χ3v) is 7.92. The molecule has 9 nitrogen and oxygen atoms in total. The number of alkyl halides is 1. The molecule has 10 heteroatoms. The predicted molar refractivity (Wildman–Crippen MR) is 122 cm³/mol. The molecule has 6 N–H and O–H groups in total. The Kier molecular flexibility index (Phi) is 8.92. The van der Waals surface area contributed by atoms with Crippen molar-refractivity contribution in [3.05, 3.63) is 0 Å². The number of fused-ring (bicyclic) bond motifs is 1. The van der Waals surface area contributed by atoms with Gasteiger partial charge >= 0.3 is 0 Å². The smallest absolute Gasteiger partial charge is 0.237 e. The molecule has 2 heterocycles. The third-order valence-electron chi connectivity index (χ3n) is 7.92. The van der Waals surface area contributed by atoms with Crippen LogP contribution in [-0.2, 0) is 14.4 Å². The lowest BCUT2D eigenvalue weighted by Crippen LogP contribution is -2.64. The highest BCUT2D eigenvalue weighted by atomic mass is 19.1. The molecule has 8 atom stereocenters. The molecule has 2 aliphatic carbocycles. The van der Waals surface area contributed by atoms with Gasteiger partial charge in [0.05, 0.1) is 12.3 Å². The summed E-state index contributed by atoms with van der Waals surface area (Å²) in [4.78, 5) is 29.8. The summed E-state index contributed by atoms with van der Waals surface area (Å²) in [7, 11) is 0. The van der Waals surface area contributed by atoms with Crippen LogP contribution in [-0.4, -0.2) is 49.6 Å². The summed E-state index contributed by atoms with van der Waals surface area (Å²) < 4.78 is 14.0. The van der Waals surface area contributed by atoms with E-state index in [-0.39, 0.29) is 48.1 Å². The zero-order valence-corrected chi connectivity index (χ0v) is 19.7. The molecule has 0 spiro atoms. The highest BCUT2D eigenvalue weighted by molar-refractivity contribution is 5.79. The standard InChI is InChI=1S/C23H41FN6O3/c1-14-7-8-15(13-18(14)24)21-27-20(33-30-21)10-9-19(31)25-11-4-12-26-22-16-5-2-3-6-17(16)23(32)29-28-22/h14-18,20-22,26-28,30H,2-13H2,1H3,(H,25,31)(H,29,32). The maximum absolute atomic E-state index is 14.0. The van der Waals surface area contributed by atoms with Gasteiger partial charge in [-0.15, -0.1) is 0 Å². The van der Waals surface area contributed by atoms with Crippen molar-refractivity contribution in [1.82, 2.24) is 32.3 Å². The number of nitrogens with one attached hydrogen (secondary N) is 6. The van der Waals surface area contributed by atoms with Gasteiger partial charge in [-0.3, -0.25) is 25.2 Å². The van der Waals surface area contributed by atoms with Crippen molar-refractivity contribution in [3.8, 4) is 0 Å². The van der Waals surface area contributed by atoms with Gasteiger partial charge in [0, 0.05) is 24.8 Å². The minimum Gasteiger partial charge on any atom is -0.356 e. The van der Waals surface area contributed by atoms with Crippen LogP contribution in [0.15, 0.2) is 0 Å². The van der Waals surface area contributed by atoms with E-state index in [9.17, 15) is 14.0 Å². The molecule has 2 saturated carbocycles. The monoisotopic (exact) mass is 468 g/mol. The molecule has 4 fully saturated rings. The Balaban J connectivity index is 1.05. The van der Waals surface area contributed by atoms with Gasteiger partial charge < -0.3 is 10.6 Å². The second kappa shape index (κ2) is 11.9. The SMILES string of the molecule is CC1CCC(C2NOC(CCC(=O)NCCCNC3NNC(=O)C4CCCCC34)N2)CC1F. The van der Waals surface area contributed by atoms with Crippen LogP contribution < -0.4 is 32.3 Å². The molecule has 4 rings (SSSR count). The summed E-state index contributed by atoms with van der Waals surface area (Å²) in [6, 6.07) is 0. The number of carbonyl (C=O) groups is 2. The Hall–Kier alpha value is -1.33. The van der Waals surface area contributed by atoms with Crippen molar-refractivity contribution in [2.45, 2.75) is 95.9 Å². The largest absolute Gasteiger partial charge is 0.356 e. The van der Waals surface area contributed by atoms with Crippen molar-refractivity contribution >= 4 is 11.8 Å². The summed E-state index contributed by atoms with van der Waals surface area (Å²) in [5, 5.41) is 9.83. The second-order valence-electron chi connectivity index (χ2n) is 10.3. The fraction of sp³-hybridized carbons (Fsp3) is 0.913. The highest BCUT2D eigenvalue weighted by Crippen LogP contribution is 2.34. The van der Waals surface area contributed by atoms with E-state index >= 15 is 0 Å². The molecular weight excluding hydrogens is 427 g/mol. The lowest BCUT2D eigenvalue weighted by Gasteiger charge is -2.41. The van der Waals surface area contributed by atoms with E-state index in [1.807, 2.05) is 6.92 Å². The lowest BCUT2D eigenvalue weighted by atomic mass is 9.76. The number of hydrogen-bond donors (Lipinski definition) is 6. The summed E-state index contributed by atoms with van der Waals surface area (Å²) >= 11 is 0. The number of rotatable bonds is 9. The van der Waals surface area contributed by atoms with E-state index in [1.165, 1.54) is 6.42 Å². The van der Waals surface area contributed by atoms with Crippen molar-refractivity contribution in [1.29, 1.82) is 0 Å². The Labute approximate surface area is 196 Å². The van der Waals surface area contributed by atoms with E-state index < -0.39 is 6.17 Å². The summed E-state index contributed by atoms with van der Waals surface area (Å²) in [5.41, 5.74) is 8.90. The Morgan fingerprint density at radius 2 is 2.03 bits per heavy atom. The second-order valence-corrected chi connectivity index (χ2v) is 10.3. The molecule has 0 aromatic heterocycles. The zero-order chi connectivity index (χ0) is 23.2. The maximum Gasteiger partial charge on any atom is 0.237 e. The van der Waals surface area contributed by atoms with Gasteiger partial charge in [0.15, 0.2) is 0 Å². The van der Waals surface area contributed by atoms with Gasteiger partial charge in [0.2, 0.25) is 11.8 Å². The quantitative estimate of drug-likeness (QED) is 0.282. The normalized spacial score (nSPS) is 39.0. The van der Waals surface area contributed by atoms with E-state index in [4.69, 9.17) is 4.84 Å². The molecule has 4 aliphatic rings. The van der Waals surface area contributed by atoms with Crippen LogP contribution >= 0.6 is 0 Å². The summed E-state index contributed by atoms with van der Waals surface area (Å²) in [6.07, 6.45) is 7.64. The molecule has 2 amide bonds. The Morgan fingerprint density at radius 3 is 2.88 bits per heavy atom. The van der Waals surface area contributed by atoms with Crippen LogP contribution in [0.3, 0.4) is 0 Å². The predicted octanol–water partition coefficient (Wildman–Crippen LogP) is 1.18. The maximum atomic E-state index is 14.0. The fourth-order valence-corrected chi connectivity index (χ4v) is 5.76. The molecule has 0 bridgehead atoms. The first-order chi connectivity index (χ1) is 16.0. The first-order valence-corrected chi connectivity index (χ1v) is 12.9. The molecule has 0 radical (unpaired) electrons. The van der Waals surface area contributed by atoms with Crippen molar-refractivity contribution in [2.24, 2.45) is 23.7 Å². The molecular formula is C23H41FN6O3. The minimum absolute atomic E-state index is 0.00885. The van der Waals surface area contributed by atoms with Crippen LogP contribution in [0.25, 0.3) is 0 Å². The van der Waals surface area contributed by atoms with Crippen LogP contribution in [0.5, 0.6) is 0 Å². The minimum atomic E-state index is -0.747. The fourth-order valence-electron chi connectivity index (χ4n) is 5.76. The van der Waals surface area contributed by atoms with Crippen molar-refractivity contribution in [2.75, 3.05) is 13.1 Å². The summed E-state index contributed by atoms with van der Waals surface area (Å²) in [5.74, 6) is 0.937. The lowest BCUT2D eigenvalue weighted by molar-refractivity contribution is -0.134. The molecule has 188 valence electrons. The number of halogens is 1. The number of hydrogen-bond acceptors (Lipinski definition) is 7. The van der Waals surface area contributed by atoms with Gasteiger partial charge in [0.1, 0.15) is 12.4 Å². The summed E-state index contributed by atoms with van der Waals surface area (Å²) in [6.45, 7) is 3.35. The first kappa shape index (κ1) is 24.8. The molecule has 33 heavy (non-hydrogen) atoms. The highest BCUT2D eigenvalue weighted by Gasteiger charge is 2.39. The number of hydroxylamine groups is 1. The van der Waals surface area contributed by atoms with Crippen molar-refractivity contribution < 1.29 is 18.8 Å². The average Bonchev–Trinajstić information content (AvgIpc) is 3.30. The van der Waals surface area contributed by atoms with Crippen LogP contribution in [0.1, 0.15) is 71.1 Å². The van der Waals surface area contributed by atoms with E-state index in [2.05, 4.69) is 32.3 Å². The number of amides is 2. The van der Waals surface area contributed by atoms with Gasteiger partial charge in [0.25, 0.3) is 0 Å². The molecule has 2 saturated heterocycles. The molecule has 2 aliphatic heterocycles. The van der Waals surface area contributed by atoms with Gasteiger partial charge in [-0.05, 0) is 63.3 Å². The van der Waals surface area contributed by atoms with E-state index in [0.29, 0.717) is 31.7 Å². The van der Waals surface area contributed by atoms with Gasteiger partial charge in [-0.2, -0.15) is 5.48 Å².